The molecule has 0 bridgehead atoms. The minimum atomic E-state index is -4.17. The van der Waals surface area contributed by atoms with Crippen LogP contribution in [0.15, 0.2) is 0 Å². The molecule has 0 amide bonds. The van der Waals surface area contributed by atoms with Gasteiger partial charge in [-0.15, -0.1) is 0 Å². The van der Waals surface area contributed by atoms with Crippen LogP contribution in [-0.2, 0) is 4.57 Å². The molecule has 0 saturated carbocycles. The molecule has 1 aromatic rings. The third-order valence-electron chi connectivity index (χ3n) is 3.25. The van der Waals surface area contributed by atoms with E-state index < -0.39 is 7.60 Å². The van der Waals surface area contributed by atoms with E-state index in [1.165, 1.54) is 0 Å². The van der Waals surface area contributed by atoms with Crippen molar-refractivity contribution < 1.29 is 14.4 Å². The standard InChI is InChI=1S/C11H17O3P/c1-6-7(2)9(4)11(15(12,13)14)10(5)8(6)3/h1-5H3,(H2,12,13,14). The summed E-state index contributed by atoms with van der Waals surface area (Å²) in [5.74, 6) is 0. The summed E-state index contributed by atoms with van der Waals surface area (Å²) < 4.78 is 11.4. The molecule has 0 spiro atoms. The molecule has 0 unspecified atom stereocenters. The van der Waals surface area contributed by atoms with Gasteiger partial charge in [-0.05, 0) is 62.4 Å². The lowest BCUT2D eigenvalue weighted by Gasteiger charge is -2.18. The van der Waals surface area contributed by atoms with Crippen molar-refractivity contribution in [3.05, 3.63) is 27.8 Å². The number of rotatable bonds is 1. The van der Waals surface area contributed by atoms with E-state index in [4.69, 9.17) is 0 Å². The number of hydrogen-bond acceptors (Lipinski definition) is 1. The molecule has 0 aliphatic rings. The van der Waals surface area contributed by atoms with Crippen molar-refractivity contribution in [1.29, 1.82) is 0 Å². The van der Waals surface area contributed by atoms with Gasteiger partial charge in [-0.3, -0.25) is 4.57 Å². The number of benzene rings is 1. The molecule has 1 rings (SSSR count). The maximum absolute atomic E-state index is 11.4. The van der Waals surface area contributed by atoms with Gasteiger partial charge in [-0.25, -0.2) is 0 Å². The fourth-order valence-electron chi connectivity index (χ4n) is 1.92. The Morgan fingerprint density at radius 2 is 1.00 bits per heavy atom. The second-order valence-electron chi connectivity index (χ2n) is 4.02. The normalized spacial score (nSPS) is 11.9. The van der Waals surface area contributed by atoms with Crippen molar-refractivity contribution >= 4 is 12.9 Å². The van der Waals surface area contributed by atoms with Crippen LogP contribution in [-0.4, -0.2) is 9.79 Å². The molecule has 3 nitrogen and oxygen atoms in total. The maximum Gasteiger partial charge on any atom is 0.356 e. The Balaban J connectivity index is 3.76. The van der Waals surface area contributed by atoms with Crippen LogP contribution in [0.3, 0.4) is 0 Å². The molecule has 1 aromatic carbocycles. The molecule has 0 radical (unpaired) electrons. The maximum atomic E-state index is 11.4. The van der Waals surface area contributed by atoms with Crippen molar-refractivity contribution in [1.82, 2.24) is 0 Å². The van der Waals surface area contributed by atoms with Gasteiger partial charge in [0.05, 0.1) is 5.30 Å². The lowest BCUT2D eigenvalue weighted by Crippen LogP contribution is -2.17. The fraction of sp³-hybridized carbons (Fsp3) is 0.455. The molecule has 0 saturated heterocycles. The lowest BCUT2D eigenvalue weighted by molar-refractivity contribution is 0.387. The molecule has 0 aromatic heterocycles. The summed E-state index contributed by atoms with van der Waals surface area (Å²) in [5.41, 5.74) is 4.47. The van der Waals surface area contributed by atoms with Gasteiger partial charge in [-0.2, -0.15) is 0 Å². The van der Waals surface area contributed by atoms with Crippen molar-refractivity contribution in [3.8, 4) is 0 Å². The van der Waals surface area contributed by atoms with E-state index in [-0.39, 0.29) is 5.30 Å². The molecular weight excluding hydrogens is 211 g/mol. The SMILES string of the molecule is Cc1c(C)c(C)c(P(=O)(O)O)c(C)c1C. The Labute approximate surface area is 90.3 Å². The zero-order valence-electron chi connectivity index (χ0n) is 9.75. The second kappa shape index (κ2) is 3.75. The highest BCUT2D eigenvalue weighted by Crippen LogP contribution is 2.38. The van der Waals surface area contributed by atoms with Gasteiger partial charge in [-0.1, -0.05) is 0 Å². The van der Waals surface area contributed by atoms with Crippen LogP contribution in [0, 0.1) is 34.6 Å². The van der Waals surface area contributed by atoms with E-state index in [0.717, 1.165) is 16.7 Å². The van der Waals surface area contributed by atoms with Crippen molar-refractivity contribution in [2.75, 3.05) is 0 Å². The van der Waals surface area contributed by atoms with E-state index in [1.807, 2.05) is 20.8 Å². The Morgan fingerprint density at radius 1 is 0.733 bits per heavy atom. The first-order chi connectivity index (χ1) is 6.68. The summed E-state index contributed by atoms with van der Waals surface area (Å²) in [6.45, 7) is 9.31. The molecular formula is C11H17O3P. The molecule has 0 atom stereocenters. The van der Waals surface area contributed by atoms with Crippen LogP contribution in [0.25, 0.3) is 0 Å². The third kappa shape index (κ3) is 2.00. The monoisotopic (exact) mass is 228 g/mol. The van der Waals surface area contributed by atoms with Gasteiger partial charge in [0.15, 0.2) is 0 Å². The van der Waals surface area contributed by atoms with Crippen molar-refractivity contribution in [2.45, 2.75) is 34.6 Å². The Hall–Kier alpha value is -0.630. The summed E-state index contributed by atoms with van der Waals surface area (Å²) >= 11 is 0. The molecule has 0 aliphatic carbocycles. The first kappa shape index (κ1) is 12.4. The molecule has 0 heterocycles. The summed E-state index contributed by atoms with van der Waals surface area (Å²) in [4.78, 5) is 18.6. The van der Waals surface area contributed by atoms with Crippen molar-refractivity contribution in [3.63, 3.8) is 0 Å². The average molecular weight is 228 g/mol. The molecule has 2 N–H and O–H groups in total. The largest absolute Gasteiger partial charge is 0.356 e. The number of hydrogen-bond donors (Lipinski definition) is 2. The van der Waals surface area contributed by atoms with Gasteiger partial charge in [0, 0.05) is 0 Å². The minimum absolute atomic E-state index is 0.197. The van der Waals surface area contributed by atoms with Gasteiger partial charge < -0.3 is 9.79 Å². The second-order valence-corrected chi connectivity index (χ2v) is 5.55. The van der Waals surface area contributed by atoms with Crippen LogP contribution in [0.5, 0.6) is 0 Å². The van der Waals surface area contributed by atoms with E-state index in [0.29, 0.717) is 11.1 Å². The van der Waals surface area contributed by atoms with E-state index in [2.05, 4.69) is 0 Å². The summed E-state index contributed by atoms with van der Waals surface area (Å²) in [5, 5.41) is 0.197. The van der Waals surface area contributed by atoms with Crippen LogP contribution in [0.1, 0.15) is 27.8 Å². The molecule has 4 heteroatoms. The van der Waals surface area contributed by atoms with Crippen LogP contribution >= 0.6 is 7.60 Å². The third-order valence-corrected chi connectivity index (χ3v) is 4.51. The quantitative estimate of drug-likeness (QED) is 0.723. The molecule has 0 fully saturated rings. The van der Waals surface area contributed by atoms with E-state index >= 15 is 0 Å². The zero-order valence-corrected chi connectivity index (χ0v) is 10.6. The highest BCUT2D eigenvalue weighted by atomic mass is 31.2. The predicted octanol–water partition coefficient (Wildman–Crippen LogP) is 2.03. The van der Waals surface area contributed by atoms with Gasteiger partial charge >= 0.3 is 7.60 Å². The lowest BCUT2D eigenvalue weighted by atomic mass is 9.95. The molecule has 0 aliphatic heterocycles. The first-order valence-corrected chi connectivity index (χ1v) is 6.42. The minimum Gasteiger partial charge on any atom is -0.321 e. The Bertz CT molecular complexity index is 428. The van der Waals surface area contributed by atoms with E-state index in [9.17, 15) is 14.4 Å². The summed E-state index contributed by atoms with van der Waals surface area (Å²) in [6.07, 6.45) is 0. The first-order valence-electron chi connectivity index (χ1n) is 4.81. The van der Waals surface area contributed by atoms with Crippen LogP contribution in [0.4, 0.5) is 0 Å². The smallest absolute Gasteiger partial charge is 0.321 e. The van der Waals surface area contributed by atoms with Gasteiger partial charge in [0.2, 0.25) is 0 Å². The topological polar surface area (TPSA) is 57.5 Å². The summed E-state index contributed by atoms with van der Waals surface area (Å²) in [7, 11) is -4.17. The molecule has 15 heavy (non-hydrogen) atoms. The zero-order chi connectivity index (χ0) is 12.0. The van der Waals surface area contributed by atoms with Gasteiger partial charge in [0.25, 0.3) is 0 Å². The van der Waals surface area contributed by atoms with E-state index in [1.54, 1.807) is 13.8 Å². The van der Waals surface area contributed by atoms with Gasteiger partial charge in [0.1, 0.15) is 0 Å². The Kier molecular flexibility index (Phi) is 3.11. The predicted molar refractivity (Wildman–Crippen MR) is 61.8 cm³/mol. The summed E-state index contributed by atoms with van der Waals surface area (Å²) in [6, 6.07) is 0. The fourth-order valence-corrected chi connectivity index (χ4v) is 3.13. The highest BCUT2D eigenvalue weighted by molar-refractivity contribution is 7.60. The highest BCUT2D eigenvalue weighted by Gasteiger charge is 2.25. The van der Waals surface area contributed by atoms with Crippen molar-refractivity contribution in [2.24, 2.45) is 0 Å². The van der Waals surface area contributed by atoms with Crippen LogP contribution in [0.2, 0.25) is 0 Å². The average Bonchev–Trinajstić information content (AvgIpc) is 2.09. The molecule has 84 valence electrons. The van der Waals surface area contributed by atoms with Crippen LogP contribution < -0.4 is 5.30 Å². The Morgan fingerprint density at radius 3 is 1.27 bits per heavy atom.